The van der Waals surface area contributed by atoms with E-state index >= 15 is 0 Å². The van der Waals surface area contributed by atoms with Gasteiger partial charge in [-0.05, 0) is 56.8 Å². The number of carbonyl (C=O) groups is 1. The van der Waals surface area contributed by atoms with Crippen LogP contribution in [0, 0.1) is 11.6 Å². The Morgan fingerprint density at radius 3 is 2.41 bits per heavy atom. The van der Waals surface area contributed by atoms with Gasteiger partial charge in [-0.25, -0.2) is 8.78 Å². The number of likely N-dealkylation sites (N-methyl/N-ethyl adjacent to an activating group) is 1. The molecule has 0 spiro atoms. The molecule has 0 bridgehead atoms. The second-order valence-electron chi connectivity index (χ2n) is 8.78. The van der Waals surface area contributed by atoms with E-state index in [1.807, 2.05) is 13.8 Å². The summed E-state index contributed by atoms with van der Waals surface area (Å²) >= 11 is 0. The normalized spacial score (nSPS) is 15.4. The van der Waals surface area contributed by atoms with Crippen LogP contribution >= 0.6 is 0 Å². The lowest BCUT2D eigenvalue weighted by atomic mass is 10.0. The summed E-state index contributed by atoms with van der Waals surface area (Å²) in [6.07, 6.45) is 0.696. The maximum atomic E-state index is 14.5. The first-order valence-electron chi connectivity index (χ1n) is 11.6. The monoisotopic (exact) mass is 468 g/mol. The lowest BCUT2D eigenvalue weighted by Gasteiger charge is -2.33. The van der Waals surface area contributed by atoms with E-state index in [-0.39, 0.29) is 29.9 Å². The molecule has 6 nitrogen and oxygen atoms in total. The Hall–Kier alpha value is -3.26. The average Bonchev–Trinajstić information content (AvgIpc) is 3.26. The molecule has 1 aliphatic heterocycles. The number of aromatic nitrogens is 1. The highest BCUT2D eigenvalue weighted by Gasteiger charge is 2.30. The van der Waals surface area contributed by atoms with E-state index in [9.17, 15) is 13.6 Å². The molecule has 34 heavy (non-hydrogen) atoms. The molecule has 3 aromatic rings. The Labute approximate surface area is 198 Å². The number of benzene rings is 2. The van der Waals surface area contributed by atoms with Crippen LogP contribution in [0.4, 0.5) is 14.7 Å². The van der Waals surface area contributed by atoms with E-state index in [1.165, 1.54) is 24.3 Å². The number of carbonyl (C=O) groups excluding carboxylic acids is 1. The molecule has 1 saturated heterocycles. The van der Waals surface area contributed by atoms with Crippen LogP contribution < -0.4 is 4.90 Å². The van der Waals surface area contributed by atoms with Crippen LogP contribution in [0.3, 0.4) is 0 Å². The van der Waals surface area contributed by atoms with Crippen LogP contribution in [0.25, 0.3) is 11.3 Å². The van der Waals surface area contributed by atoms with E-state index in [0.29, 0.717) is 23.6 Å². The molecule has 0 radical (unpaired) electrons. The van der Waals surface area contributed by atoms with Crippen molar-refractivity contribution in [3.8, 4) is 11.3 Å². The largest absolute Gasteiger partial charge is 0.338 e. The Morgan fingerprint density at radius 2 is 1.76 bits per heavy atom. The molecular formula is C26H30F2N4O2. The van der Waals surface area contributed by atoms with Gasteiger partial charge in [-0.3, -0.25) is 4.79 Å². The first kappa shape index (κ1) is 23.9. The summed E-state index contributed by atoms with van der Waals surface area (Å²) in [5, 5.41) is 4.33. The molecule has 1 aromatic heterocycles. The van der Waals surface area contributed by atoms with Crippen molar-refractivity contribution < 1.29 is 18.1 Å². The van der Waals surface area contributed by atoms with Crippen molar-refractivity contribution in [1.29, 1.82) is 0 Å². The first-order chi connectivity index (χ1) is 16.4. The highest BCUT2D eigenvalue weighted by molar-refractivity contribution is 5.94. The third-order valence-electron chi connectivity index (χ3n) is 6.49. The van der Waals surface area contributed by atoms with Crippen LogP contribution in [0.1, 0.15) is 36.2 Å². The highest BCUT2D eigenvalue weighted by atomic mass is 19.1. The summed E-state index contributed by atoms with van der Waals surface area (Å²) in [5.74, 6) is -0.682. The molecule has 8 heteroatoms. The third-order valence-corrected chi connectivity index (χ3v) is 6.49. The number of halogens is 2. The summed E-state index contributed by atoms with van der Waals surface area (Å²) in [6, 6.07) is 11.9. The second-order valence-corrected chi connectivity index (χ2v) is 8.78. The van der Waals surface area contributed by atoms with Gasteiger partial charge in [0, 0.05) is 37.8 Å². The molecule has 1 unspecified atom stereocenters. The van der Waals surface area contributed by atoms with E-state index < -0.39 is 5.82 Å². The van der Waals surface area contributed by atoms with Crippen molar-refractivity contribution in [1.82, 2.24) is 15.0 Å². The SMILES string of the molecule is CCC(C)N(Cc1c(-c2ccc(F)cc2)noc1N1CCN(C)CC1)C(=O)c1ccccc1F. The number of rotatable bonds is 7. The number of amides is 1. The van der Waals surface area contributed by atoms with Gasteiger partial charge in [0.25, 0.3) is 5.91 Å². The molecule has 0 saturated carbocycles. The predicted molar refractivity (Wildman–Crippen MR) is 128 cm³/mol. The number of hydrogen-bond acceptors (Lipinski definition) is 5. The molecule has 2 aromatic carbocycles. The zero-order valence-corrected chi connectivity index (χ0v) is 19.8. The summed E-state index contributed by atoms with van der Waals surface area (Å²) in [6.45, 7) is 7.38. The molecule has 0 N–H and O–H groups in total. The van der Waals surface area contributed by atoms with E-state index in [1.54, 1.807) is 29.2 Å². The number of piperazine rings is 1. The third kappa shape index (κ3) is 4.97. The smallest absolute Gasteiger partial charge is 0.257 e. The Morgan fingerprint density at radius 1 is 1.09 bits per heavy atom. The first-order valence-corrected chi connectivity index (χ1v) is 11.6. The molecule has 2 heterocycles. The van der Waals surface area contributed by atoms with Gasteiger partial charge in [-0.2, -0.15) is 0 Å². The van der Waals surface area contributed by atoms with Crippen molar-refractivity contribution >= 4 is 11.8 Å². The van der Waals surface area contributed by atoms with Gasteiger partial charge in [-0.1, -0.05) is 24.2 Å². The minimum Gasteiger partial charge on any atom is -0.338 e. The molecule has 1 fully saturated rings. The molecule has 0 aliphatic carbocycles. The minimum absolute atomic E-state index is 0.0312. The molecule has 1 aliphatic rings. The predicted octanol–water partition coefficient (Wildman–Crippen LogP) is 4.81. The van der Waals surface area contributed by atoms with Gasteiger partial charge in [0.1, 0.15) is 17.3 Å². The standard InChI is InChI=1S/C26H30F2N4O2/c1-4-18(2)32(25(33)21-7-5-6-8-23(21)28)17-22-24(19-9-11-20(27)12-10-19)29-34-26(22)31-15-13-30(3)14-16-31/h5-12,18H,4,13-17H2,1-3H3. The Bertz CT molecular complexity index is 1120. The lowest BCUT2D eigenvalue weighted by molar-refractivity contribution is 0.0667. The maximum Gasteiger partial charge on any atom is 0.257 e. The number of hydrogen-bond donors (Lipinski definition) is 0. The molecule has 1 atom stereocenters. The fraction of sp³-hybridized carbons (Fsp3) is 0.385. The zero-order valence-electron chi connectivity index (χ0n) is 19.8. The van der Waals surface area contributed by atoms with Crippen molar-refractivity contribution in [2.24, 2.45) is 0 Å². The van der Waals surface area contributed by atoms with Crippen molar-refractivity contribution in [3.05, 3.63) is 71.3 Å². The van der Waals surface area contributed by atoms with Gasteiger partial charge < -0.3 is 19.2 Å². The van der Waals surface area contributed by atoms with E-state index in [4.69, 9.17) is 4.52 Å². The van der Waals surface area contributed by atoms with Gasteiger partial charge in [0.2, 0.25) is 5.88 Å². The van der Waals surface area contributed by atoms with Crippen LogP contribution in [0.15, 0.2) is 53.1 Å². The van der Waals surface area contributed by atoms with Gasteiger partial charge in [0.15, 0.2) is 0 Å². The zero-order chi connectivity index (χ0) is 24.2. The minimum atomic E-state index is -0.552. The van der Waals surface area contributed by atoms with Gasteiger partial charge in [0.05, 0.1) is 17.7 Å². The molecular weight excluding hydrogens is 438 g/mol. The fourth-order valence-electron chi connectivity index (χ4n) is 4.14. The lowest BCUT2D eigenvalue weighted by Crippen LogP contribution is -2.45. The second kappa shape index (κ2) is 10.3. The summed E-state index contributed by atoms with van der Waals surface area (Å²) in [7, 11) is 2.07. The van der Waals surface area contributed by atoms with Crippen molar-refractivity contribution in [2.45, 2.75) is 32.9 Å². The van der Waals surface area contributed by atoms with Crippen molar-refractivity contribution in [2.75, 3.05) is 38.1 Å². The number of nitrogens with zero attached hydrogens (tertiary/aromatic N) is 4. The van der Waals surface area contributed by atoms with Gasteiger partial charge >= 0.3 is 0 Å². The van der Waals surface area contributed by atoms with Crippen molar-refractivity contribution in [3.63, 3.8) is 0 Å². The summed E-state index contributed by atoms with van der Waals surface area (Å²) in [5.41, 5.74) is 2.02. The van der Waals surface area contributed by atoms with Crippen LogP contribution in [-0.4, -0.2) is 60.1 Å². The highest BCUT2D eigenvalue weighted by Crippen LogP contribution is 2.34. The summed E-state index contributed by atoms with van der Waals surface area (Å²) < 4.78 is 33.9. The molecule has 180 valence electrons. The van der Waals surface area contributed by atoms with Crippen LogP contribution in [-0.2, 0) is 6.54 Å². The maximum absolute atomic E-state index is 14.5. The van der Waals surface area contributed by atoms with Gasteiger partial charge in [-0.15, -0.1) is 0 Å². The quantitative estimate of drug-likeness (QED) is 0.498. The van der Waals surface area contributed by atoms with E-state index in [0.717, 1.165) is 31.7 Å². The van der Waals surface area contributed by atoms with E-state index in [2.05, 4.69) is 22.0 Å². The Kier molecular flexibility index (Phi) is 7.26. The molecule has 4 rings (SSSR count). The topological polar surface area (TPSA) is 52.8 Å². The molecule has 1 amide bonds. The number of anilines is 1. The fourth-order valence-corrected chi connectivity index (χ4v) is 4.14. The van der Waals surface area contributed by atoms with Crippen LogP contribution in [0.5, 0.6) is 0 Å². The van der Waals surface area contributed by atoms with Crippen LogP contribution in [0.2, 0.25) is 0 Å². The average molecular weight is 469 g/mol. The Balaban J connectivity index is 1.76. The summed E-state index contributed by atoms with van der Waals surface area (Å²) in [4.78, 5) is 19.5.